The number of non-ortho nitro benzene ring substituents is 1. The minimum atomic E-state index is -0.483. The van der Waals surface area contributed by atoms with E-state index in [2.05, 4.69) is 10.2 Å². The monoisotopic (exact) mass is 456 g/mol. The predicted molar refractivity (Wildman–Crippen MR) is 126 cm³/mol. The van der Waals surface area contributed by atoms with E-state index in [1.54, 1.807) is 24.3 Å². The Morgan fingerprint density at radius 3 is 2.47 bits per heavy atom. The lowest BCUT2D eigenvalue weighted by molar-refractivity contribution is -0.384. The first kappa shape index (κ1) is 23.3. The fourth-order valence-corrected chi connectivity index (χ4v) is 3.77. The highest BCUT2D eigenvalue weighted by Gasteiger charge is 2.24. The number of halogens is 1. The van der Waals surface area contributed by atoms with Gasteiger partial charge in [0.05, 0.1) is 15.6 Å². The summed E-state index contributed by atoms with van der Waals surface area (Å²) in [6.45, 7) is 6.48. The number of nitro groups is 1. The zero-order valence-corrected chi connectivity index (χ0v) is 18.7. The number of nitro benzene ring substituents is 1. The zero-order valence-electron chi connectivity index (χ0n) is 18.0. The van der Waals surface area contributed by atoms with E-state index in [-0.39, 0.29) is 23.4 Å². The SMILES string of the molecule is CC(C)C(=O)N1CCN(c2ccc(NC(=O)C=Cc3cccc([N+](=O)[O-])c3)cc2Cl)CC1. The van der Waals surface area contributed by atoms with E-state index in [9.17, 15) is 19.7 Å². The van der Waals surface area contributed by atoms with Crippen LogP contribution in [0.25, 0.3) is 6.08 Å². The molecule has 0 saturated carbocycles. The molecule has 8 nitrogen and oxygen atoms in total. The highest BCUT2D eigenvalue weighted by Crippen LogP contribution is 2.30. The summed E-state index contributed by atoms with van der Waals surface area (Å²) in [5.41, 5.74) is 1.91. The molecule has 1 fully saturated rings. The summed E-state index contributed by atoms with van der Waals surface area (Å²) in [4.78, 5) is 38.7. The maximum Gasteiger partial charge on any atom is 0.270 e. The molecule has 32 heavy (non-hydrogen) atoms. The number of piperazine rings is 1. The molecule has 1 aliphatic rings. The Labute approximate surface area is 191 Å². The number of rotatable bonds is 6. The van der Waals surface area contributed by atoms with Crippen molar-refractivity contribution in [3.05, 3.63) is 69.2 Å². The number of hydrogen-bond acceptors (Lipinski definition) is 5. The maximum absolute atomic E-state index is 12.2. The molecule has 0 aliphatic carbocycles. The molecule has 2 aromatic rings. The van der Waals surface area contributed by atoms with E-state index < -0.39 is 4.92 Å². The molecule has 0 aromatic heterocycles. The van der Waals surface area contributed by atoms with Crippen molar-refractivity contribution >= 4 is 46.6 Å². The number of nitrogens with zero attached hydrogens (tertiary/aromatic N) is 3. The van der Waals surface area contributed by atoms with Crippen molar-refractivity contribution in [2.24, 2.45) is 5.92 Å². The molecule has 1 aliphatic heterocycles. The average molecular weight is 457 g/mol. The Morgan fingerprint density at radius 1 is 1.12 bits per heavy atom. The van der Waals surface area contributed by atoms with Crippen LogP contribution < -0.4 is 10.2 Å². The predicted octanol–water partition coefficient (Wildman–Crippen LogP) is 4.20. The van der Waals surface area contributed by atoms with Gasteiger partial charge in [0.15, 0.2) is 0 Å². The van der Waals surface area contributed by atoms with Crippen molar-refractivity contribution in [1.29, 1.82) is 0 Å². The Hall–Kier alpha value is -3.39. The number of carbonyl (C=O) groups excluding carboxylic acids is 2. The van der Waals surface area contributed by atoms with Crippen LogP contribution in [0.1, 0.15) is 19.4 Å². The standard InChI is InChI=1S/C23H25ClN4O4/c1-16(2)23(30)27-12-10-26(11-13-27)21-8-7-18(15-20(21)24)25-22(29)9-6-17-4-3-5-19(14-17)28(31)32/h3-9,14-16H,10-13H2,1-2H3,(H,25,29). The average Bonchev–Trinajstić information content (AvgIpc) is 2.77. The third-order valence-corrected chi connectivity index (χ3v) is 5.45. The second-order valence-corrected chi connectivity index (χ2v) is 8.22. The van der Waals surface area contributed by atoms with Gasteiger partial charge in [-0.3, -0.25) is 19.7 Å². The van der Waals surface area contributed by atoms with Crippen molar-refractivity contribution in [2.75, 3.05) is 36.4 Å². The molecule has 1 heterocycles. The number of amides is 2. The van der Waals surface area contributed by atoms with Gasteiger partial charge in [0, 0.05) is 56.0 Å². The molecular formula is C23H25ClN4O4. The largest absolute Gasteiger partial charge is 0.367 e. The van der Waals surface area contributed by atoms with Crippen molar-refractivity contribution in [3.8, 4) is 0 Å². The Morgan fingerprint density at radius 2 is 1.84 bits per heavy atom. The van der Waals surface area contributed by atoms with Crippen LogP contribution in [0.4, 0.5) is 17.1 Å². The van der Waals surface area contributed by atoms with Crippen molar-refractivity contribution in [2.45, 2.75) is 13.8 Å². The summed E-state index contributed by atoms with van der Waals surface area (Å²) in [5.74, 6) is -0.229. The summed E-state index contributed by atoms with van der Waals surface area (Å²) in [6, 6.07) is 11.3. The van der Waals surface area contributed by atoms with Crippen LogP contribution in [0.2, 0.25) is 5.02 Å². The van der Waals surface area contributed by atoms with Gasteiger partial charge in [0.25, 0.3) is 5.69 Å². The summed E-state index contributed by atoms with van der Waals surface area (Å²) in [7, 11) is 0. The third-order valence-electron chi connectivity index (χ3n) is 5.15. The molecule has 9 heteroatoms. The van der Waals surface area contributed by atoms with Gasteiger partial charge in [-0.2, -0.15) is 0 Å². The van der Waals surface area contributed by atoms with Crippen LogP contribution in [0, 0.1) is 16.0 Å². The van der Waals surface area contributed by atoms with Gasteiger partial charge in [-0.1, -0.05) is 37.6 Å². The lowest BCUT2D eigenvalue weighted by Gasteiger charge is -2.37. The number of nitrogens with one attached hydrogen (secondary N) is 1. The van der Waals surface area contributed by atoms with E-state index in [4.69, 9.17) is 11.6 Å². The molecule has 0 atom stereocenters. The van der Waals surface area contributed by atoms with E-state index >= 15 is 0 Å². The molecule has 0 bridgehead atoms. The number of hydrogen-bond donors (Lipinski definition) is 1. The normalized spacial score (nSPS) is 14.1. The molecule has 2 aromatic carbocycles. The van der Waals surface area contributed by atoms with Gasteiger partial charge in [0.1, 0.15) is 0 Å². The lowest BCUT2D eigenvalue weighted by atomic mass is 10.1. The van der Waals surface area contributed by atoms with Crippen molar-refractivity contribution in [1.82, 2.24) is 4.90 Å². The first-order valence-corrected chi connectivity index (χ1v) is 10.7. The first-order valence-electron chi connectivity index (χ1n) is 10.3. The maximum atomic E-state index is 12.2. The highest BCUT2D eigenvalue weighted by atomic mass is 35.5. The summed E-state index contributed by atoms with van der Waals surface area (Å²) < 4.78 is 0. The summed E-state index contributed by atoms with van der Waals surface area (Å²) >= 11 is 6.46. The number of anilines is 2. The van der Waals surface area contributed by atoms with Gasteiger partial charge >= 0.3 is 0 Å². The number of carbonyl (C=O) groups is 2. The smallest absolute Gasteiger partial charge is 0.270 e. The molecule has 3 rings (SSSR count). The van der Waals surface area contributed by atoms with E-state index in [1.807, 2.05) is 24.8 Å². The fraction of sp³-hybridized carbons (Fsp3) is 0.304. The van der Waals surface area contributed by atoms with Gasteiger partial charge < -0.3 is 15.1 Å². The van der Waals surface area contributed by atoms with Gasteiger partial charge in [-0.05, 0) is 29.8 Å². The molecular weight excluding hydrogens is 432 g/mol. The van der Waals surface area contributed by atoms with Crippen LogP contribution in [0.15, 0.2) is 48.5 Å². The van der Waals surface area contributed by atoms with Gasteiger partial charge in [0.2, 0.25) is 11.8 Å². The molecule has 1 saturated heterocycles. The summed E-state index contributed by atoms with van der Waals surface area (Å²) in [6.07, 6.45) is 2.82. The molecule has 0 unspecified atom stereocenters. The van der Waals surface area contributed by atoms with Crippen LogP contribution >= 0.6 is 11.6 Å². The minimum Gasteiger partial charge on any atom is -0.367 e. The van der Waals surface area contributed by atoms with E-state index in [1.165, 1.54) is 24.3 Å². The Kier molecular flexibility index (Phi) is 7.48. The minimum absolute atomic E-state index is 0.0147. The topological polar surface area (TPSA) is 95.8 Å². The van der Waals surface area contributed by atoms with Gasteiger partial charge in [-0.25, -0.2) is 0 Å². The fourth-order valence-electron chi connectivity index (χ4n) is 3.47. The Balaban J connectivity index is 1.59. The highest BCUT2D eigenvalue weighted by molar-refractivity contribution is 6.33. The lowest BCUT2D eigenvalue weighted by Crippen LogP contribution is -2.50. The van der Waals surface area contributed by atoms with E-state index in [0.29, 0.717) is 42.5 Å². The van der Waals surface area contributed by atoms with Crippen molar-refractivity contribution < 1.29 is 14.5 Å². The van der Waals surface area contributed by atoms with Crippen molar-refractivity contribution in [3.63, 3.8) is 0 Å². The first-order chi connectivity index (χ1) is 15.2. The quantitative estimate of drug-likeness (QED) is 0.399. The van der Waals surface area contributed by atoms with Crippen LogP contribution in [-0.4, -0.2) is 47.8 Å². The molecule has 0 radical (unpaired) electrons. The number of benzene rings is 2. The molecule has 168 valence electrons. The molecule has 0 spiro atoms. The third kappa shape index (κ3) is 5.85. The second-order valence-electron chi connectivity index (χ2n) is 7.81. The second kappa shape index (κ2) is 10.3. The van der Waals surface area contributed by atoms with Crippen LogP contribution in [-0.2, 0) is 9.59 Å². The summed E-state index contributed by atoms with van der Waals surface area (Å²) in [5, 5.41) is 14.1. The molecule has 2 amide bonds. The zero-order chi connectivity index (χ0) is 23.3. The Bertz CT molecular complexity index is 1050. The van der Waals surface area contributed by atoms with Crippen LogP contribution in [0.3, 0.4) is 0 Å². The van der Waals surface area contributed by atoms with Gasteiger partial charge in [-0.15, -0.1) is 0 Å². The van der Waals surface area contributed by atoms with E-state index in [0.717, 1.165) is 5.69 Å². The molecule has 1 N–H and O–H groups in total. The van der Waals surface area contributed by atoms with Crippen LogP contribution in [0.5, 0.6) is 0 Å².